The van der Waals surface area contributed by atoms with Crippen molar-refractivity contribution in [2.45, 2.75) is 77.3 Å². The van der Waals surface area contributed by atoms with Crippen molar-refractivity contribution in [3.63, 3.8) is 0 Å². The molecule has 0 atom stereocenters. The smallest absolute Gasteiger partial charge is 0.0208 e. The molecule has 1 saturated carbocycles. The maximum atomic E-state index is 3.75. The summed E-state index contributed by atoms with van der Waals surface area (Å²) in [5.41, 5.74) is 2.86. The van der Waals surface area contributed by atoms with E-state index >= 15 is 0 Å². The molecule has 1 nitrogen and oxygen atoms in total. The van der Waals surface area contributed by atoms with Crippen molar-refractivity contribution in [3.05, 3.63) is 35.4 Å². The maximum Gasteiger partial charge on any atom is 0.0208 e. The van der Waals surface area contributed by atoms with Gasteiger partial charge in [-0.05, 0) is 29.9 Å². The molecule has 20 heavy (non-hydrogen) atoms. The number of halogens is 1. The summed E-state index contributed by atoms with van der Waals surface area (Å²) in [6, 6.07) is 9.86. The van der Waals surface area contributed by atoms with Gasteiger partial charge in [-0.25, -0.2) is 0 Å². The topological polar surface area (TPSA) is 12.0 Å². The zero-order valence-electron chi connectivity index (χ0n) is 13.0. The van der Waals surface area contributed by atoms with Gasteiger partial charge >= 0.3 is 0 Å². The lowest BCUT2D eigenvalue weighted by Crippen LogP contribution is -2.29. The van der Waals surface area contributed by atoms with E-state index in [0.717, 1.165) is 12.6 Å². The van der Waals surface area contributed by atoms with Gasteiger partial charge in [0.15, 0.2) is 0 Å². The Bertz CT molecular complexity index is 350. The Hall–Kier alpha value is -0.530. The molecule has 0 saturated heterocycles. The van der Waals surface area contributed by atoms with Crippen LogP contribution in [0.5, 0.6) is 0 Å². The van der Waals surface area contributed by atoms with Gasteiger partial charge in [0.2, 0.25) is 0 Å². The quantitative estimate of drug-likeness (QED) is 0.780. The lowest BCUT2D eigenvalue weighted by atomic mass is 9.96. The first-order valence-corrected chi connectivity index (χ1v) is 8.08. The summed E-state index contributed by atoms with van der Waals surface area (Å²) in [6.45, 7) is 5.53. The first-order valence-electron chi connectivity index (χ1n) is 8.08. The highest BCUT2D eigenvalue weighted by molar-refractivity contribution is 5.85. The van der Waals surface area contributed by atoms with Crippen molar-refractivity contribution in [2.24, 2.45) is 0 Å². The van der Waals surface area contributed by atoms with Crippen molar-refractivity contribution in [1.82, 2.24) is 5.32 Å². The SMILES string of the molecule is CC(C)c1ccc(CNC2CCCCCCC2)cc1.Cl. The van der Waals surface area contributed by atoms with Gasteiger partial charge in [0.05, 0.1) is 0 Å². The minimum absolute atomic E-state index is 0. The van der Waals surface area contributed by atoms with Crippen molar-refractivity contribution >= 4 is 12.4 Å². The standard InChI is InChI=1S/C18H29N.ClH/c1-15(2)17-12-10-16(11-13-17)14-19-18-8-6-4-3-5-7-9-18;/h10-13,15,18-19H,3-9,14H2,1-2H3;1H. The molecule has 1 aliphatic rings. The average Bonchev–Trinajstić information content (AvgIpc) is 2.38. The Kier molecular flexibility index (Phi) is 8.25. The predicted octanol–water partition coefficient (Wildman–Crippen LogP) is 5.43. The van der Waals surface area contributed by atoms with Gasteiger partial charge in [0.1, 0.15) is 0 Å². The van der Waals surface area contributed by atoms with Crippen LogP contribution in [-0.4, -0.2) is 6.04 Å². The predicted molar refractivity (Wildman–Crippen MR) is 90.7 cm³/mol. The Morgan fingerprint density at radius 2 is 1.50 bits per heavy atom. The minimum Gasteiger partial charge on any atom is -0.310 e. The van der Waals surface area contributed by atoms with Gasteiger partial charge in [0, 0.05) is 12.6 Å². The molecule has 0 radical (unpaired) electrons. The number of hydrogen-bond donors (Lipinski definition) is 1. The van der Waals surface area contributed by atoms with Crippen LogP contribution in [0.4, 0.5) is 0 Å². The Labute approximate surface area is 131 Å². The van der Waals surface area contributed by atoms with E-state index in [4.69, 9.17) is 0 Å². The van der Waals surface area contributed by atoms with E-state index in [1.54, 1.807) is 0 Å². The summed E-state index contributed by atoms with van der Waals surface area (Å²) < 4.78 is 0. The fourth-order valence-corrected chi connectivity index (χ4v) is 2.94. The molecule has 114 valence electrons. The Morgan fingerprint density at radius 1 is 0.950 bits per heavy atom. The minimum atomic E-state index is 0. The van der Waals surface area contributed by atoms with E-state index in [0.29, 0.717) is 5.92 Å². The van der Waals surface area contributed by atoms with Gasteiger partial charge in [-0.15, -0.1) is 12.4 Å². The molecule has 1 fully saturated rings. The lowest BCUT2D eigenvalue weighted by Gasteiger charge is -2.21. The molecule has 0 heterocycles. The second kappa shape index (κ2) is 9.41. The first kappa shape index (κ1) is 17.5. The van der Waals surface area contributed by atoms with E-state index in [-0.39, 0.29) is 12.4 Å². The molecule has 1 N–H and O–H groups in total. The number of nitrogens with one attached hydrogen (secondary N) is 1. The molecule has 1 aromatic carbocycles. The molecule has 0 bridgehead atoms. The van der Waals surface area contributed by atoms with Gasteiger partial charge < -0.3 is 5.32 Å². The van der Waals surface area contributed by atoms with Crippen LogP contribution in [0.25, 0.3) is 0 Å². The molecule has 0 unspecified atom stereocenters. The van der Waals surface area contributed by atoms with Crippen molar-refractivity contribution < 1.29 is 0 Å². The molecule has 0 amide bonds. The summed E-state index contributed by atoms with van der Waals surface area (Å²) in [5, 5.41) is 3.75. The van der Waals surface area contributed by atoms with E-state index < -0.39 is 0 Å². The van der Waals surface area contributed by atoms with E-state index in [2.05, 4.69) is 43.4 Å². The third kappa shape index (κ3) is 5.85. The van der Waals surface area contributed by atoms with Crippen LogP contribution in [0.2, 0.25) is 0 Å². The average molecular weight is 296 g/mol. The number of hydrogen-bond acceptors (Lipinski definition) is 1. The summed E-state index contributed by atoms with van der Waals surface area (Å²) in [7, 11) is 0. The van der Waals surface area contributed by atoms with E-state index in [9.17, 15) is 0 Å². The fraction of sp³-hybridized carbons (Fsp3) is 0.667. The second-order valence-corrected chi connectivity index (χ2v) is 6.32. The Balaban J connectivity index is 0.00000200. The van der Waals surface area contributed by atoms with Crippen molar-refractivity contribution in [3.8, 4) is 0 Å². The second-order valence-electron chi connectivity index (χ2n) is 6.32. The third-order valence-corrected chi connectivity index (χ3v) is 4.35. The zero-order valence-corrected chi connectivity index (χ0v) is 13.8. The molecule has 0 aromatic heterocycles. The monoisotopic (exact) mass is 295 g/mol. The lowest BCUT2D eigenvalue weighted by molar-refractivity contribution is 0.389. The van der Waals surface area contributed by atoms with E-state index in [1.807, 2.05) is 0 Å². The van der Waals surface area contributed by atoms with Crippen molar-refractivity contribution in [2.75, 3.05) is 0 Å². The highest BCUT2D eigenvalue weighted by Crippen LogP contribution is 2.18. The molecule has 0 spiro atoms. The Morgan fingerprint density at radius 3 is 2.05 bits per heavy atom. The molecule has 2 rings (SSSR count). The number of benzene rings is 1. The highest BCUT2D eigenvalue weighted by atomic mass is 35.5. The molecule has 1 aromatic rings. The summed E-state index contributed by atoms with van der Waals surface area (Å²) in [6.07, 6.45) is 9.86. The molecule has 2 heteroatoms. The van der Waals surface area contributed by atoms with Crippen LogP contribution < -0.4 is 5.32 Å². The molecule has 1 aliphatic carbocycles. The van der Waals surface area contributed by atoms with Crippen LogP contribution in [0.3, 0.4) is 0 Å². The van der Waals surface area contributed by atoms with Gasteiger partial charge in [-0.2, -0.15) is 0 Å². The fourth-order valence-electron chi connectivity index (χ4n) is 2.94. The van der Waals surface area contributed by atoms with Crippen LogP contribution in [0.1, 0.15) is 75.8 Å². The third-order valence-electron chi connectivity index (χ3n) is 4.35. The maximum absolute atomic E-state index is 3.75. The molecular weight excluding hydrogens is 266 g/mol. The summed E-state index contributed by atoms with van der Waals surface area (Å²) >= 11 is 0. The number of rotatable bonds is 4. The highest BCUT2D eigenvalue weighted by Gasteiger charge is 2.10. The normalized spacial score (nSPS) is 17.4. The zero-order chi connectivity index (χ0) is 13.5. The van der Waals surface area contributed by atoms with Crippen LogP contribution >= 0.6 is 12.4 Å². The summed E-state index contributed by atoms with van der Waals surface area (Å²) in [5.74, 6) is 0.632. The van der Waals surface area contributed by atoms with E-state index in [1.165, 1.54) is 56.1 Å². The van der Waals surface area contributed by atoms with Crippen LogP contribution in [0.15, 0.2) is 24.3 Å². The van der Waals surface area contributed by atoms with Crippen LogP contribution in [-0.2, 0) is 6.54 Å². The molecular formula is C18H30ClN. The van der Waals surface area contributed by atoms with Crippen LogP contribution in [0, 0.1) is 0 Å². The molecule has 0 aliphatic heterocycles. The van der Waals surface area contributed by atoms with Gasteiger partial charge in [-0.1, -0.05) is 70.2 Å². The first-order chi connectivity index (χ1) is 9.25. The largest absolute Gasteiger partial charge is 0.310 e. The summed E-state index contributed by atoms with van der Waals surface area (Å²) in [4.78, 5) is 0. The van der Waals surface area contributed by atoms with Gasteiger partial charge in [0.25, 0.3) is 0 Å². The van der Waals surface area contributed by atoms with Gasteiger partial charge in [-0.3, -0.25) is 0 Å². The van der Waals surface area contributed by atoms with Crippen molar-refractivity contribution in [1.29, 1.82) is 0 Å².